The fourth-order valence-electron chi connectivity index (χ4n) is 2.96. The summed E-state index contributed by atoms with van der Waals surface area (Å²) in [6.45, 7) is 2.06. The van der Waals surface area contributed by atoms with Gasteiger partial charge in [-0.2, -0.15) is 0 Å². The van der Waals surface area contributed by atoms with Gasteiger partial charge in [-0.05, 0) is 53.3 Å². The van der Waals surface area contributed by atoms with Crippen molar-refractivity contribution in [3.05, 3.63) is 95.3 Å². The summed E-state index contributed by atoms with van der Waals surface area (Å²) < 4.78 is 0. The molecule has 0 saturated heterocycles. The van der Waals surface area contributed by atoms with Crippen molar-refractivity contribution >= 4 is 0 Å². The van der Waals surface area contributed by atoms with Gasteiger partial charge < -0.3 is 5.11 Å². The molecule has 1 N–H and O–H groups in total. The zero-order chi connectivity index (χ0) is 16.1. The van der Waals surface area contributed by atoms with Crippen molar-refractivity contribution in [3.8, 4) is 5.75 Å². The van der Waals surface area contributed by atoms with Crippen molar-refractivity contribution in [2.24, 2.45) is 0 Å². The van der Waals surface area contributed by atoms with E-state index in [1.54, 1.807) is 0 Å². The van der Waals surface area contributed by atoms with Gasteiger partial charge in [0.15, 0.2) is 0 Å². The molecular weight excluding hydrogens is 282 g/mol. The molecule has 0 spiro atoms. The summed E-state index contributed by atoms with van der Waals surface area (Å²) in [6, 6.07) is 20.6. The number of aromatic nitrogens is 1. The quantitative estimate of drug-likeness (QED) is 0.739. The molecule has 23 heavy (non-hydrogen) atoms. The number of hydrogen-bond acceptors (Lipinski definition) is 2. The van der Waals surface area contributed by atoms with Crippen LogP contribution < -0.4 is 0 Å². The van der Waals surface area contributed by atoms with Gasteiger partial charge in [0.2, 0.25) is 0 Å². The smallest absolute Gasteiger partial charge is 0.119 e. The van der Waals surface area contributed by atoms with E-state index in [9.17, 15) is 5.11 Å². The second kappa shape index (κ2) is 7.10. The monoisotopic (exact) mass is 303 g/mol. The van der Waals surface area contributed by atoms with Crippen LogP contribution in [0.4, 0.5) is 0 Å². The fraction of sp³-hybridized carbons (Fsp3) is 0.190. The van der Waals surface area contributed by atoms with Gasteiger partial charge in [0.25, 0.3) is 0 Å². The minimum absolute atomic E-state index is 0.218. The van der Waals surface area contributed by atoms with E-state index in [4.69, 9.17) is 0 Å². The van der Waals surface area contributed by atoms with Crippen LogP contribution in [0, 0.1) is 0 Å². The highest BCUT2D eigenvalue weighted by Crippen LogP contribution is 2.31. The van der Waals surface area contributed by atoms with Crippen molar-refractivity contribution in [1.29, 1.82) is 0 Å². The summed E-state index contributed by atoms with van der Waals surface area (Å²) in [6.07, 6.45) is 5.38. The predicted octanol–water partition coefficient (Wildman–Crippen LogP) is 4.72. The fourth-order valence-corrected chi connectivity index (χ4v) is 2.96. The average molecular weight is 303 g/mol. The van der Waals surface area contributed by atoms with Crippen molar-refractivity contribution in [3.63, 3.8) is 0 Å². The second-order valence-corrected chi connectivity index (χ2v) is 5.76. The molecule has 2 aromatic carbocycles. The summed E-state index contributed by atoms with van der Waals surface area (Å²) in [4.78, 5) is 4.09. The zero-order valence-corrected chi connectivity index (χ0v) is 13.3. The Labute approximate surface area is 137 Å². The summed E-state index contributed by atoms with van der Waals surface area (Å²) >= 11 is 0. The van der Waals surface area contributed by atoms with Crippen LogP contribution in [0.3, 0.4) is 0 Å². The standard InChI is InChI=1S/C21H21NO/c1-2-17-8-9-19(15-21(17)23)20(18-6-4-3-5-7-18)14-16-10-12-22-13-11-16/h3-13,15,20,23H,2,14H2,1H3. The molecule has 1 heterocycles. The Hall–Kier alpha value is -2.61. The predicted molar refractivity (Wildman–Crippen MR) is 93.7 cm³/mol. The number of pyridine rings is 1. The Morgan fingerprint density at radius 2 is 1.65 bits per heavy atom. The van der Waals surface area contributed by atoms with Gasteiger partial charge in [0, 0.05) is 18.3 Å². The van der Waals surface area contributed by atoms with E-state index in [0.29, 0.717) is 5.75 Å². The zero-order valence-electron chi connectivity index (χ0n) is 13.3. The number of phenolic OH excluding ortho intramolecular Hbond substituents is 1. The number of nitrogens with zero attached hydrogens (tertiary/aromatic N) is 1. The Balaban J connectivity index is 2.00. The highest BCUT2D eigenvalue weighted by molar-refractivity contribution is 5.42. The lowest BCUT2D eigenvalue weighted by Gasteiger charge is -2.19. The van der Waals surface area contributed by atoms with E-state index >= 15 is 0 Å². The molecule has 0 aliphatic rings. The minimum atomic E-state index is 0.218. The van der Waals surface area contributed by atoms with Gasteiger partial charge in [-0.15, -0.1) is 0 Å². The Bertz CT molecular complexity index is 753. The van der Waals surface area contributed by atoms with E-state index in [0.717, 1.165) is 24.0 Å². The molecule has 0 fully saturated rings. The molecule has 2 nitrogen and oxygen atoms in total. The molecule has 3 aromatic rings. The molecule has 0 amide bonds. The molecule has 0 aliphatic heterocycles. The second-order valence-electron chi connectivity index (χ2n) is 5.76. The van der Waals surface area contributed by atoms with Gasteiger partial charge >= 0.3 is 0 Å². The first-order valence-electron chi connectivity index (χ1n) is 8.03. The first-order valence-corrected chi connectivity index (χ1v) is 8.03. The number of phenols is 1. The third kappa shape index (κ3) is 3.59. The summed E-state index contributed by atoms with van der Waals surface area (Å²) in [5.74, 6) is 0.607. The molecular formula is C21H21NO. The first-order chi connectivity index (χ1) is 11.3. The summed E-state index contributed by atoms with van der Waals surface area (Å²) in [7, 11) is 0. The molecule has 0 aliphatic carbocycles. The van der Waals surface area contributed by atoms with E-state index in [2.05, 4.69) is 54.4 Å². The molecule has 1 atom stereocenters. The molecule has 1 aromatic heterocycles. The number of hydrogen-bond donors (Lipinski definition) is 1. The van der Waals surface area contributed by atoms with Gasteiger partial charge in [0.05, 0.1) is 0 Å². The van der Waals surface area contributed by atoms with Crippen LogP contribution in [0.1, 0.15) is 35.1 Å². The lowest BCUT2D eigenvalue weighted by Crippen LogP contribution is -2.05. The SMILES string of the molecule is CCc1ccc(C(Cc2ccncc2)c2ccccc2)cc1O. The maximum absolute atomic E-state index is 10.2. The van der Waals surface area contributed by atoms with Gasteiger partial charge in [0.1, 0.15) is 5.75 Å². The van der Waals surface area contributed by atoms with Crippen LogP contribution in [0.15, 0.2) is 73.1 Å². The van der Waals surface area contributed by atoms with Gasteiger partial charge in [-0.3, -0.25) is 4.98 Å². The molecule has 0 bridgehead atoms. The van der Waals surface area contributed by atoms with E-state index < -0.39 is 0 Å². The lowest BCUT2D eigenvalue weighted by molar-refractivity contribution is 0.467. The van der Waals surface area contributed by atoms with Crippen molar-refractivity contribution < 1.29 is 5.11 Å². The third-order valence-electron chi connectivity index (χ3n) is 4.28. The Kier molecular flexibility index (Phi) is 4.72. The van der Waals surface area contributed by atoms with Gasteiger partial charge in [-0.25, -0.2) is 0 Å². The highest BCUT2D eigenvalue weighted by Gasteiger charge is 2.16. The van der Waals surface area contributed by atoms with Crippen LogP contribution in [-0.4, -0.2) is 10.1 Å². The van der Waals surface area contributed by atoms with Crippen LogP contribution >= 0.6 is 0 Å². The number of benzene rings is 2. The van der Waals surface area contributed by atoms with E-state index in [1.807, 2.05) is 30.6 Å². The van der Waals surface area contributed by atoms with Crippen molar-refractivity contribution in [1.82, 2.24) is 4.98 Å². The molecule has 0 radical (unpaired) electrons. The average Bonchev–Trinajstić information content (AvgIpc) is 2.61. The Morgan fingerprint density at radius 1 is 0.913 bits per heavy atom. The van der Waals surface area contributed by atoms with Crippen LogP contribution in [-0.2, 0) is 12.8 Å². The summed E-state index contributed by atoms with van der Waals surface area (Å²) in [5, 5.41) is 10.2. The Morgan fingerprint density at radius 3 is 2.30 bits per heavy atom. The van der Waals surface area contributed by atoms with Crippen LogP contribution in [0.25, 0.3) is 0 Å². The largest absolute Gasteiger partial charge is 0.508 e. The molecule has 3 rings (SSSR count). The minimum Gasteiger partial charge on any atom is -0.508 e. The highest BCUT2D eigenvalue weighted by atomic mass is 16.3. The number of aryl methyl sites for hydroxylation is 1. The van der Waals surface area contributed by atoms with Crippen molar-refractivity contribution in [2.45, 2.75) is 25.7 Å². The molecule has 1 unspecified atom stereocenters. The number of aromatic hydroxyl groups is 1. The lowest BCUT2D eigenvalue weighted by atomic mass is 9.85. The third-order valence-corrected chi connectivity index (χ3v) is 4.28. The van der Waals surface area contributed by atoms with E-state index in [1.165, 1.54) is 11.1 Å². The maximum atomic E-state index is 10.2. The number of rotatable bonds is 5. The molecule has 0 saturated carbocycles. The molecule has 116 valence electrons. The normalized spacial score (nSPS) is 12.0. The van der Waals surface area contributed by atoms with Crippen molar-refractivity contribution in [2.75, 3.05) is 0 Å². The molecule has 2 heteroatoms. The van der Waals surface area contributed by atoms with Crippen LogP contribution in [0.2, 0.25) is 0 Å². The summed E-state index contributed by atoms with van der Waals surface area (Å²) in [5.41, 5.74) is 4.63. The topological polar surface area (TPSA) is 33.1 Å². The first kappa shape index (κ1) is 15.3. The van der Waals surface area contributed by atoms with Crippen LogP contribution in [0.5, 0.6) is 5.75 Å². The van der Waals surface area contributed by atoms with E-state index in [-0.39, 0.29) is 5.92 Å². The maximum Gasteiger partial charge on any atom is 0.119 e. The van der Waals surface area contributed by atoms with Gasteiger partial charge in [-0.1, -0.05) is 49.4 Å².